The summed E-state index contributed by atoms with van der Waals surface area (Å²) in [4.78, 5) is 15.6. The Morgan fingerprint density at radius 2 is 1.79 bits per heavy atom. The molecule has 0 aliphatic rings. The van der Waals surface area contributed by atoms with Gasteiger partial charge >= 0.3 is 0 Å². The third-order valence-electron chi connectivity index (χ3n) is 3.80. The fourth-order valence-electron chi connectivity index (χ4n) is 2.50. The van der Waals surface area contributed by atoms with Gasteiger partial charge in [-0.05, 0) is 30.2 Å². The Hall–Kier alpha value is -3.32. The van der Waals surface area contributed by atoms with Crippen molar-refractivity contribution in [3.8, 4) is 0 Å². The molecule has 152 valence electrons. The maximum atomic E-state index is 13.7. The van der Waals surface area contributed by atoms with Crippen molar-refractivity contribution < 1.29 is 18.3 Å². The molecular formula is C22H23F2N3O2. The average molecular weight is 399 g/mol. The van der Waals surface area contributed by atoms with Gasteiger partial charge in [-0.15, -0.1) is 0 Å². The van der Waals surface area contributed by atoms with E-state index in [0.717, 1.165) is 18.6 Å². The summed E-state index contributed by atoms with van der Waals surface area (Å²) in [5.74, 6) is -0.915. The molecule has 29 heavy (non-hydrogen) atoms. The summed E-state index contributed by atoms with van der Waals surface area (Å²) >= 11 is 0. The summed E-state index contributed by atoms with van der Waals surface area (Å²) in [6.45, 7) is 0.622. The number of rotatable bonds is 7. The van der Waals surface area contributed by atoms with Crippen molar-refractivity contribution in [2.75, 3.05) is 31.4 Å². The Kier molecular flexibility index (Phi) is 8.72. The molecule has 0 atom stereocenters. The van der Waals surface area contributed by atoms with Crippen LogP contribution in [0.5, 0.6) is 0 Å². The first-order chi connectivity index (χ1) is 14.1. The van der Waals surface area contributed by atoms with Crippen LogP contribution in [0.2, 0.25) is 0 Å². The minimum Gasteiger partial charge on any atom is -0.388 e. The number of ether oxygens (including phenoxy) is 1. The van der Waals surface area contributed by atoms with E-state index in [4.69, 9.17) is 0 Å². The van der Waals surface area contributed by atoms with Gasteiger partial charge < -0.3 is 15.4 Å². The Morgan fingerprint density at radius 3 is 2.45 bits per heavy atom. The third kappa shape index (κ3) is 6.97. The molecular weight excluding hydrogens is 376 g/mol. The van der Waals surface area contributed by atoms with Crippen LogP contribution in [0.4, 0.5) is 26.0 Å². The number of hydrogen-bond acceptors (Lipinski definition) is 5. The number of anilines is 3. The van der Waals surface area contributed by atoms with Crippen LogP contribution in [-0.2, 0) is 11.2 Å². The van der Waals surface area contributed by atoms with E-state index in [1.807, 2.05) is 30.3 Å². The molecule has 5 nitrogen and oxygen atoms in total. The maximum Gasteiger partial charge on any atom is 0.153 e. The Labute approximate surface area is 168 Å². The number of carbonyl (C=O) groups is 1. The second kappa shape index (κ2) is 11.5. The highest BCUT2D eigenvalue weighted by atomic mass is 19.1. The lowest BCUT2D eigenvalue weighted by atomic mass is 10.1. The Bertz CT molecular complexity index is 921. The number of methoxy groups -OCH3 is 1. The van der Waals surface area contributed by atoms with Crippen molar-refractivity contribution in [2.24, 2.45) is 0 Å². The van der Waals surface area contributed by atoms with Gasteiger partial charge in [-0.2, -0.15) is 0 Å². The van der Waals surface area contributed by atoms with E-state index in [-0.39, 0.29) is 5.69 Å². The number of carbonyl (C=O) groups excluding carboxylic acids is 1. The molecule has 3 aromatic rings. The Balaban J connectivity index is 0.000000941. The SMILES string of the molecule is COC.O=Cc1cc(Nc2ccc(F)cc2F)cnc1NCCc1ccccc1. The normalized spacial score (nSPS) is 9.93. The minimum atomic E-state index is -0.720. The molecule has 0 aliphatic heterocycles. The zero-order chi connectivity index (χ0) is 21.1. The molecule has 2 N–H and O–H groups in total. The number of pyridine rings is 1. The first kappa shape index (κ1) is 22.0. The predicted molar refractivity (Wildman–Crippen MR) is 111 cm³/mol. The molecule has 0 saturated heterocycles. The van der Waals surface area contributed by atoms with Crippen LogP contribution >= 0.6 is 0 Å². The molecule has 1 heterocycles. The molecule has 3 rings (SSSR count). The van der Waals surface area contributed by atoms with E-state index < -0.39 is 11.6 Å². The van der Waals surface area contributed by atoms with Crippen LogP contribution in [0.25, 0.3) is 0 Å². The minimum absolute atomic E-state index is 0.106. The van der Waals surface area contributed by atoms with E-state index in [2.05, 4.69) is 20.4 Å². The molecule has 1 aromatic heterocycles. The summed E-state index contributed by atoms with van der Waals surface area (Å²) in [5, 5.41) is 5.92. The monoisotopic (exact) mass is 399 g/mol. The number of hydrogen-bond donors (Lipinski definition) is 2. The number of nitrogens with one attached hydrogen (secondary N) is 2. The number of nitrogens with zero attached hydrogens (tertiary/aromatic N) is 1. The molecule has 0 bridgehead atoms. The van der Waals surface area contributed by atoms with Crippen LogP contribution in [-0.4, -0.2) is 32.0 Å². The van der Waals surface area contributed by atoms with Crippen molar-refractivity contribution in [3.05, 3.63) is 83.6 Å². The first-order valence-corrected chi connectivity index (χ1v) is 8.92. The number of aldehydes is 1. The molecule has 0 radical (unpaired) electrons. The summed E-state index contributed by atoms with van der Waals surface area (Å²) in [6, 6.07) is 14.7. The molecule has 2 aromatic carbocycles. The standard InChI is InChI=1S/C20H17F2N3O.C2H6O/c21-16-6-7-19(18(22)11-16)25-17-10-15(13-26)20(24-12-17)23-9-8-14-4-2-1-3-5-14;1-3-2/h1-7,10-13,25H,8-9H2,(H,23,24);1-2H3. The fraction of sp³-hybridized carbons (Fsp3) is 0.182. The van der Waals surface area contributed by atoms with Gasteiger partial charge in [0, 0.05) is 26.8 Å². The quantitative estimate of drug-likeness (QED) is 0.557. The molecule has 0 amide bonds. The van der Waals surface area contributed by atoms with E-state index >= 15 is 0 Å². The lowest BCUT2D eigenvalue weighted by Crippen LogP contribution is -2.09. The van der Waals surface area contributed by atoms with E-state index in [1.165, 1.54) is 17.8 Å². The molecule has 0 fully saturated rings. The number of benzene rings is 2. The predicted octanol–water partition coefficient (Wildman–Crippen LogP) is 4.83. The van der Waals surface area contributed by atoms with Crippen LogP contribution < -0.4 is 10.6 Å². The number of halogens is 2. The first-order valence-electron chi connectivity index (χ1n) is 8.92. The molecule has 0 aliphatic carbocycles. The second-order valence-corrected chi connectivity index (χ2v) is 6.10. The van der Waals surface area contributed by atoms with Crippen molar-refractivity contribution in [2.45, 2.75) is 6.42 Å². The lowest BCUT2D eigenvalue weighted by molar-refractivity contribution is 0.112. The zero-order valence-corrected chi connectivity index (χ0v) is 16.3. The topological polar surface area (TPSA) is 63.2 Å². The van der Waals surface area contributed by atoms with Gasteiger partial charge in [-0.25, -0.2) is 13.8 Å². The van der Waals surface area contributed by atoms with Gasteiger partial charge in [0.05, 0.1) is 23.1 Å². The second-order valence-electron chi connectivity index (χ2n) is 6.10. The zero-order valence-electron chi connectivity index (χ0n) is 16.3. The Morgan fingerprint density at radius 1 is 1.07 bits per heavy atom. The molecule has 0 unspecified atom stereocenters. The van der Waals surface area contributed by atoms with Gasteiger partial charge in [0.1, 0.15) is 17.5 Å². The van der Waals surface area contributed by atoms with Gasteiger partial charge in [-0.1, -0.05) is 30.3 Å². The van der Waals surface area contributed by atoms with Crippen molar-refractivity contribution in [1.82, 2.24) is 4.98 Å². The maximum absolute atomic E-state index is 13.7. The van der Waals surface area contributed by atoms with Crippen LogP contribution in [0.3, 0.4) is 0 Å². The highest BCUT2D eigenvalue weighted by Gasteiger charge is 2.08. The average Bonchev–Trinajstić information content (AvgIpc) is 2.72. The van der Waals surface area contributed by atoms with Gasteiger partial charge in [0.2, 0.25) is 0 Å². The van der Waals surface area contributed by atoms with Crippen LogP contribution in [0.15, 0.2) is 60.8 Å². The van der Waals surface area contributed by atoms with Gasteiger partial charge in [0.25, 0.3) is 0 Å². The highest BCUT2D eigenvalue weighted by Crippen LogP contribution is 2.22. The van der Waals surface area contributed by atoms with E-state index in [9.17, 15) is 13.6 Å². The van der Waals surface area contributed by atoms with E-state index in [1.54, 1.807) is 20.3 Å². The van der Waals surface area contributed by atoms with Crippen molar-refractivity contribution in [1.29, 1.82) is 0 Å². The van der Waals surface area contributed by atoms with Crippen LogP contribution in [0.1, 0.15) is 15.9 Å². The van der Waals surface area contributed by atoms with Gasteiger partial charge in [-0.3, -0.25) is 4.79 Å². The summed E-state index contributed by atoms with van der Waals surface area (Å²) < 4.78 is 30.9. The van der Waals surface area contributed by atoms with Crippen LogP contribution in [0, 0.1) is 11.6 Å². The van der Waals surface area contributed by atoms with Crippen molar-refractivity contribution >= 4 is 23.5 Å². The fourth-order valence-corrected chi connectivity index (χ4v) is 2.50. The molecule has 7 heteroatoms. The lowest BCUT2D eigenvalue weighted by Gasteiger charge is -2.11. The van der Waals surface area contributed by atoms with Gasteiger partial charge in [0.15, 0.2) is 6.29 Å². The summed E-state index contributed by atoms with van der Waals surface area (Å²) in [6.07, 6.45) is 2.96. The molecule has 0 saturated carbocycles. The smallest absolute Gasteiger partial charge is 0.153 e. The molecule has 0 spiro atoms. The summed E-state index contributed by atoms with van der Waals surface area (Å²) in [5.41, 5.74) is 2.07. The highest BCUT2D eigenvalue weighted by molar-refractivity contribution is 5.84. The van der Waals surface area contributed by atoms with E-state index in [0.29, 0.717) is 29.9 Å². The number of aromatic nitrogens is 1. The third-order valence-corrected chi connectivity index (χ3v) is 3.80. The van der Waals surface area contributed by atoms with Crippen molar-refractivity contribution in [3.63, 3.8) is 0 Å². The summed E-state index contributed by atoms with van der Waals surface area (Å²) in [7, 11) is 3.25. The largest absolute Gasteiger partial charge is 0.388 e.